The van der Waals surface area contributed by atoms with Crippen LogP contribution in [-0.4, -0.2) is 46.2 Å². The van der Waals surface area contributed by atoms with Crippen LogP contribution in [-0.2, 0) is 22.2 Å². The standard InChI is InChI=1S/C26H35ClN5O6P.2Na/c27-22-13-17(1-2-18(22)16-33)14-28-23-21(15-29-25(31-23)32-11-9-26(7-8-26)10-12-32)24(34)30-19-3-5-20(6-4-19)38-39(35,36)37;;/h1-2,13,15,19-20,33H,3-12,14,16H2,(H,30,34)(H,28,29,31)(H2,35,36,37);;/q;2*+1/p-2. The number of anilines is 2. The van der Waals surface area contributed by atoms with Crippen molar-refractivity contribution in [3.05, 3.63) is 46.1 Å². The third-order valence-corrected chi connectivity index (χ3v) is 9.03. The molecule has 1 saturated heterocycles. The minimum absolute atomic E-state index is 0. The van der Waals surface area contributed by atoms with Gasteiger partial charge < -0.3 is 39.5 Å². The van der Waals surface area contributed by atoms with Crippen LogP contribution in [0.25, 0.3) is 0 Å². The summed E-state index contributed by atoms with van der Waals surface area (Å²) in [4.78, 5) is 46.6. The number of halogens is 1. The van der Waals surface area contributed by atoms with Gasteiger partial charge in [0.1, 0.15) is 11.4 Å². The Morgan fingerprint density at radius 1 is 1.15 bits per heavy atom. The topological polar surface area (TPSA) is 163 Å². The summed E-state index contributed by atoms with van der Waals surface area (Å²) in [6, 6.07) is 5.20. The molecule has 0 bridgehead atoms. The van der Waals surface area contributed by atoms with Crippen molar-refractivity contribution in [2.75, 3.05) is 23.3 Å². The van der Waals surface area contributed by atoms with Gasteiger partial charge in [-0.2, -0.15) is 4.98 Å². The zero-order valence-corrected chi connectivity index (χ0v) is 29.3. The predicted molar refractivity (Wildman–Crippen MR) is 142 cm³/mol. The van der Waals surface area contributed by atoms with E-state index in [1.54, 1.807) is 18.3 Å². The van der Waals surface area contributed by atoms with E-state index in [0.29, 0.717) is 65.6 Å². The van der Waals surface area contributed by atoms with Crippen molar-refractivity contribution in [3.63, 3.8) is 0 Å². The molecule has 2 aliphatic carbocycles. The van der Waals surface area contributed by atoms with Gasteiger partial charge in [-0.3, -0.25) is 4.79 Å². The van der Waals surface area contributed by atoms with Crippen LogP contribution in [0.5, 0.6) is 0 Å². The number of carbonyl (C=O) groups is 1. The molecule has 1 aromatic carbocycles. The summed E-state index contributed by atoms with van der Waals surface area (Å²) in [7, 11) is -5.03. The van der Waals surface area contributed by atoms with E-state index < -0.39 is 13.9 Å². The summed E-state index contributed by atoms with van der Waals surface area (Å²) in [5.74, 6) is 0.647. The Hall–Kier alpha value is -0.270. The van der Waals surface area contributed by atoms with Crippen molar-refractivity contribution in [1.29, 1.82) is 0 Å². The molecule has 41 heavy (non-hydrogen) atoms. The second-order valence-corrected chi connectivity index (χ2v) is 12.4. The third kappa shape index (κ3) is 9.61. The van der Waals surface area contributed by atoms with Crippen LogP contribution in [0.3, 0.4) is 0 Å². The number of benzene rings is 1. The second kappa shape index (κ2) is 15.1. The molecule has 1 aromatic heterocycles. The largest absolute Gasteiger partial charge is 1.00 e. The van der Waals surface area contributed by atoms with Gasteiger partial charge in [0.15, 0.2) is 0 Å². The van der Waals surface area contributed by atoms with Crippen LogP contribution < -0.4 is 84.4 Å². The number of nitrogens with zero attached hydrogens (tertiary/aromatic N) is 3. The Labute approximate surface area is 289 Å². The number of phosphoric ester groups is 1. The van der Waals surface area contributed by atoms with E-state index in [4.69, 9.17) is 16.6 Å². The van der Waals surface area contributed by atoms with Gasteiger partial charge in [-0.1, -0.05) is 23.7 Å². The minimum atomic E-state index is -5.03. The maximum Gasteiger partial charge on any atom is 1.00 e. The number of hydrogen-bond donors (Lipinski definition) is 3. The molecule has 3 aliphatic rings. The summed E-state index contributed by atoms with van der Waals surface area (Å²) < 4.78 is 15.5. The average molecular weight is 624 g/mol. The number of phosphoric acid groups is 1. The summed E-state index contributed by atoms with van der Waals surface area (Å²) >= 11 is 6.26. The average Bonchev–Trinajstić information content (AvgIpc) is 3.66. The molecule has 212 valence electrons. The first-order valence-electron chi connectivity index (χ1n) is 13.4. The van der Waals surface area contributed by atoms with Crippen LogP contribution in [0.4, 0.5) is 11.8 Å². The van der Waals surface area contributed by atoms with E-state index in [1.807, 2.05) is 6.07 Å². The van der Waals surface area contributed by atoms with Gasteiger partial charge in [0, 0.05) is 36.9 Å². The molecule has 3 fully saturated rings. The van der Waals surface area contributed by atoms with Crippen molar-refractivity contribution in [1.82, 2.24) is 15.3 Å². The molecule has 2 heterocycles. The monoisotopic (exact) mass is 623 g/mol. The van der Waals surface area contributed by atoms with Crippen LogP contribution in [0.2, 0.25) is 5.02 Å². The first-order valence-corrected chi connectivity index (χ1v) is 15.2. The Bertz CT molecular complexity index is 1250. The van der Waals surface area contributed by atoms with E-state index in [9.17, 15) is 24.3 Å². The number of piperidine rings is 1. The number of hydrogen-bond acceptors (Lipinski definition) is 10. The number of aliphatic hydroxyl groups is 1. The molecule has 5 rings (SSSR count). The van der Waals surface area contributed by atoms with E-state index in [2.05, 4.69) is 25.0 Å². The van der Waals surface area contributed by atoms with Gasteiger partial charge in [0.05, 0.1) is 20.5 Å². The predicted octanol–water partition coefficient (Wildman–Crippen LogP) is -3.49. The van der Waals surface area contributed by atoms with Gasteiger partial charge >= 0.3 is 59.1 Å². The zero-order valence-electron chi connectivity index (χ0n) is 23.6. The fourth-order valence-electron chi connectivity index (χ4n) is 5.46. The number of carbonyl (C=O) groups excluding carboxylic acids is 1. The SMILES string of the molecule is O=C(NC1CCC(OP(=O)([O-])[O-])CC1)c1cnc(N2CCC3(CC2)CC3)nc1NCc1ccc(CO)c(Cl)c1.[Na+].[Na+]. The summed E-state index contributed by atoms with van der Waals surface area (Å²) in [5.41, 5.74) is 2.32. The number of amides is 1. The zero-order chi connectivity index (χ0) is 27.6. The number of aromatic nitrogens is 2. The molecule has 1 aliphatic heterocycles. The summed E-state index contributed by atoms with van der Waals surface area (Å²) in [6.07, 6.45) is 7.44. The van der Waals surface area contributed by atoms with Gasteiger partial charge in [0.2, 0.25) is 5.95 Å². The normalized spacial score (nSPS) is 21.4. The number of nitrogens with one attached hydrogen (secondary N) is 2. The first kappa shape index (κ1) is 35.2. The second-order valence-electron chi connectivity index (χ2n) is 10.9. The number of aliphatic hydroxyl groups excluding tert-OH is 1. The molecule has 0 unspecified atom stereocenters. The van der Waals surface area contributed by atoms with Gasteiger partial charge in [-0.25, -0.2) is 4.98 Å². The summed E-state index contributed by atoms with van der Waals surface area (Å²) in [6.45, 7) is 1.98. The van der Waals surface area contributed by atoms with Gasteiger partial charge in [0.25, 0.3) is 5.91 Å². The Morgan fingerprint density at radius 3 is 2.41 bits per heavy atom. The molecular formula is C26H33ClN5Na2O6P. The fraction of sp³-hybridized carbons (Fsp3) is 0.577. The van der Waals surface area contributed by atoms with Crippen molar-refractivity contribution >= 4 is 37.1 Å². The van der Waals surface area contributed by atoms with E-state index >= 15 is 0 Å². The van der Waals surface area contributed by atoms with Gasteiger partial charge in [-0.15, -0.1) is 0 Å². The molecule has 15 heteroatoms. The van der Waals surface area contributed by atoms with Crippen LogP contribution in [0.15, 0.2) is 24.4 Å². The fourth-order valence-corrected chi connectivity index (χ4v) is 6.30. The quantitative estimate of drug-likeness (QED) is 0.189. The Balaban J connectivity index is 0.00000231. The number of rotatable bonds is 9. The molecule has 1 amide bonds. The molecule has 3 N–H and O–H groups in total. The van der Waals surface area contributed by atoms with Crippen molar-refractivity contribution in [2.24, 2.45) is 5.41 Å². The molecule has 1 spiro atoms. The maximum absolute atomic E-state index is 13.3. The summed E-state index contributed by atoms with van der Waals surface area (Å²) in [5, 5.41) is 16.1. The van der Waals surface area contributed by atoms with E-state index in [1.165, 1.54) is 12.8 Å². The molecule has 2 saturated carbocycles. The maximum atomic E-state index is 13.3. The third-order valence-electron chi connectivity index (χ3n) is 8.12. The van der Waals surface area contributed by atoms with Gasteiger partial charge in [-0.05, 0) is 74.0 Å². The van der Waals surface area contributed by atoms with Crippen molar-refractivity contribution in [3.8, 4) is 0 Å². The van der Waals surface area contributed by atoms with Crippen molar-refractivity contribution in [2.45, 2.75) is 76.7 Å². The Morgan fingerprint density at radius 2 is 1.83 bits per heavy atom. The first-order chi connectivity index (χ1) is 18.6. The van der Waals surface area contributed by atoms with Crippen LogP contribution in [0, 0.1) is 5.41 Å². The smallest absolute Gasteiger partial charge is 0.790 e. The molecule has 0 atom stereocenters. The van der Waals surface area contributed by atoms with E-state index in [0.717, 1.165) is 31.5 Å². The molecular weight excluding hydrogens is 591 g/mol. The van der Waals surface area contributed by atoms with Crippen molar-refractivity contribution < 1.29 is 87.9 Å². The van der Waals surface area contributed by atoms with E-state index in [-0.39, 0.29) is 77.7 Å². The van der Waals surface area contributed by atoms with Crippen LogP contribution >= 0.6 is 19.4 Å². The molecule has 11 nitrogen and oxygen atoms in total. The minimum Gasteiger partial charge on any atom is -0.790 e. The molecule has 0 radical (unpaired) electrons. The van der Waals surface area contributed by atoms with Crippen LogP contribution in [0.1, 0.15) is 72.9 Å². The molecule has 2 aromatic rings. The Kier molecular flexibility index (Phi) is 13.0.